The molecule has 16 heteroatoms. The van der Waals surface area contributed by atoms with E-state index in [-0.39, 0.29) is 42.4 Å². The van der Waals surface area contributed by atoms with Gasteiger partial charge in [-0.15, -0.1) is 24.8 Å². The van der Waals surface area contributed by atoms with Gasteiger partial charge in [-0.3, -0.25) is 9.80 Å². The maximum Gasteiger partial charge on any atom is 0.356 e. The van der Waals surface area contributed by atoms with Crippen LogP contribution in [0.15, 0.2) is 97.1 Å². The van der Waals surface area contributed by atoms with E-state index in [1.807, 2.05) is 42.5 Å². The summed E-state index contributed by atoms with van der Waals surface area (Å²) in [6.07, 6.45) is 2.55. The molecule has 3 aliphatic rings. The van der Waals surface area contributed by atoms with Gasteiger partial charge in [0, 0.05) is 103 Å². The number of nitrogens with one attached hydrogen (secondary N) is 1. The third-order valence-electron chi connectivity index (χ3n) is 9.68. The first kappa shape index (κ1) is 51.8. The van der Waals surface area contributed by atoms with E-state index < -0.39 is 5.97 Å². The number of pyridine rings is 3. The van der Waals surface area contributed by atoms with E-state index in [1.54, 1.807) is 18.2 Å². The summed E-state index contributed by atoms with van der Waals surface area (Å²) in [4.78, 5) is 51.3. The van der Waals surface area contributed by atoms with Gasteiger partial charge in [-0.2, -0.15) is 0 Å². The van der Waals surface area contributed by atoms with Crippen LogP contribution in [0.25, 0.3) is 0 Å². The van der Waals surface area contributed by atoms with E-state index in [0.717, 1.165) is 108 Å². The number of aliphatic hydroxyl groups excluding tert-OH is 2. The molecule has 4 N–H and O–H groups in total. The van der Waals surface area contributed by atoms with Crippen LogP contribution in [0.2, 0.25) is 0 Å². The van der Waals surface area contributed by atoms with Gasteiger partial charge in [-0.1, -0.05) is 78.9 Å². The number of aromatic nitrogens is 3. The van der Waals surface area contributed by atoms with Crippen molar-refractivity contribution in [3.8, 4) is 0 Å². The second kappa shape index (κ2) is 27.5. The van der Waals surface area contributed by atoms with Crippen molar-refractivity contribution >= 4 is 42.7 Å². The molecular weight excluding hydrogens is 823 g/mol. The third kappa shape index (κ3) is 15.6. The van der Waals surface area contributed by atoms with Crippen LogP contribution in [-0.4, -0.2) is 106 Å². The summed E-state index contributed by atoms with van der Waals surface area (Å²) in [7, 11) is 4.75. The molecule has 0 bridgehead atoms. The number of aliphatic hydroxyl groups is 2. The monoisotopic (exact) mass is 878 g/mol. The average molecular weight is 880 g/mol. The first-order chi connectivity index (χ1) is 28.8. The third-order valence-corrected chi connectivity index (χ3v) is 9.68. The molecule has 61 heavy (non-hydrogen) atoms. The fourth-order valence-electron chi connectivity index (χ4n) is 6.80. The molecule has 3 aromatic heterocycles. The highest BCUT2D eigenvalue weighted by Crippen LogP contribution is 2.21. The molecule has 0 fully saturated rings. The predicted molar refractivity (Wildman–Crippen MR) is 237 cm³/mol. The minimum atomic E-state index is -0.959. The molecule has 6 heterocycles. The number of carboxylic acids is 1. The second-order valence-corrected chi connectivity index (χ2v) is 13.5. The molecule has 0 amide bonds. The molecule has 3 aliphatic heterocycles. The van der Waals surface area contributed by atoms with Crippen LogP contribution in [0.5, 0.6) is 0 Å². The zero-order valence-electron chi connectivity index (χ0n) is 35.0. The fraction of sp³-hybridized carbons (Fsp3) is 0.333. The summed E-state index contributed by atoms with van der Waals surface area (Å²) < 4.78 is 9.33. The van der Waals surface area contributed by atoms with Crippen LogP contribution in [0.1, 0.15) is 76.4 Å². The number of rotatable bonds is 7. The Labute approximate surface area is 369 Å². The highest BCUT2D eigenvalue weighted by molar-refractivity contribution is 5.88. The molecule has 14 nitrogen and oxygen atoms in total. The molecule has 0 radical (unpaired) electrons. The lowest BCUT2D eigenvalue weighted by Crippen LogP contribution is -2.31. The van der Waals surface area contributed by atoms with E-state index >= 15 is 0 Å². The van der Waals surface area contributed by atoms with Crippen molar-refractivity contribution in [2.75, 3.05) is 48.1 Å². The standard InChI is InChI=1S/C17H18N2O2.C16H16N2O2.C10H12N2O2.2CH4O.2ClH/c1-21-17(20)16-8-7-14-12-19(10-9-15(14)18-16)11-13-5-3-2-4-6-13;19-16(20)15-7-6-13-11-18(9-8-14(13)17-15)10-12-4-2-1-3-5-12;1-14-10(13)9-3-2-7-6-11-5-4-8(7)12-9;2*1-2;;/h2-8H,9-12H2,1H3;1-7H,8-11H2,(H,19,20);2-3,11H,4-6H2,1H3;2*2H,1H3;2*1H. The maximum atomic E-state index is 11.5. The van der Waals surface area contributed by atoms with E-state index in [9.17, 15) is 14.4 Å². The number of carbonyl (C=O) groups is 3. The Kier molecular flexibility index (Phi) is 23.4. The van der Waals surface area contributed by atoms with E-state index in [4.69, 9.17) is 20.1 Å². The van der Waals surface area contributed by atoms with Crippen LogP contribution in [0, 0.1) is 0 Å². The lowest BCUT2D eigenvalue weighted by atomic mass is 10.0. The number of hydrogen-bond acceptors (Lipinski definition) is 13. The molecule has 5 aromatic rings. The number of ether oxygens (including phenoxy) is 2. The Morgan fingerprint density at radius 1 is 0.574 bits per heavy atom. The van der Waals surface area contributed by atoms with Gasteiger partial charge in [-0.05, 0) is 46.0 Å². The topological polar surface area (TPSA) is 188 Å². The summed E-state index contributed by atoms with van der Waals surface area (Å²) in [5.74, 6) is -1.70. The Bertz CT molecular complexity index is 2110. The number of benzene rings is 2. The summed E-state index contributed by atoms with van der Waals surface area (Å²) in [6.45, 7) is 7.20. The molecule has 8 rings (SSSR count). The van der Waals surface area contributed by atoms with Gasteiger partial charge in [0.25, 0.3) is 0 Å². The summed E-state index contributed by atoms with van der Waals surface area (Å²) in [5, 5.41) is 26.2. The number of hydrogen-bond donors (Lipinski definition) is 4. The van der Waals surface area contributed by atoms with Crippen molar-refractivity contribution < 1.29 is 39.2 Å². The smallest absolute Gasteiger partial charge is 0.356 e. The number of methoxy groups -OCH3 is 2. The predicted octanol–water partition coefficient (Wildman–Crippen LogP) is 5.34. The van der Waals surface area contributed by atoms with Crippen molar-refractivity contribution in [2.24, 2.45) is 0 Å². The van der Waals surface area contributed by atoms with Crippen LogP contribution in [-0.2, 0) is 61.5 Å². The van der Waals surface area contributed by atoms with Crippen molar-refractivity contribution in [3.05, 3.63) is 159 Å². The van der Waals surface area contributed by atoms with Crippen LogP contribution in [0.3, 0.4) is 0 Å². The first-order valence-electron chi connectivity index (χ1n) is 19.3. The molecule has 0 saturated carbocycles. The lowest BCUT2D eigenvalue weighted by molar-refractivity contribution is 0.0585. The highest BCUT2D eigenvalue weighted by Gasteiger charge is 2.21. The maximum absolute atomic E-state index is 11.5. The zero-order chi connectivity index (χ0) is 42.6. The van der Waals surface area contributed by atoms with Gasteiger partial charge in [0.1, 0.15) is 17.1 Å². The van der Waals surface area contributed by atoms with Gasteiger partial charge in [-0.25, -0.2) is 29.3 Å². The Morgan fingerprint density at radius 3 is 1.39 bits per heavy atom. The molecule has 2 aromatic carbocycles. The summed E-state index contributed by atoms with van der Waals surface area (Å²) >= 11 is 0. The van der Waals surface area contributed by atoms with E-state index in [0.29, 0.717) is 11.4 Å². The number of aromatic carboxylic acids is 1. The number of fused-ring (bicyclic) bond motifs is 3. The van der Waals surface area contributed by atoms with E-state index in [1.165, 1.54) is 36.5 Å². The van der Waals surface area contributed by atoms with Gasteiger partial charge in [0.05, 0.1) is 14.2 Å². The first-order valence-corrected chi connectivity index (χ1v) is 19.3. The van der Waals surface area contributed by atoms with Gasteiger partial charge in [0.15, 0.2) is 0 Å². The Morgan fingerprint density at radius 2 is 0.967 bits per heavy atom. The summed E-state index contributed by atoms with van der Waals surface area (Å²) in [5.41, 5.74) is 10.0. The number of carboxylic acid groups (broad SMARTS) is 1. The number of carbonyl (C=O) groups excluding carboxylic acids is 2. The molecule has 328 valence electrons. The number of halogens is 2. The summed E-state index contributed by atoms with van der Waals surface area (Å²) in [6, 6.07) is 31.7. The Balaban J connectivity index is 0.000000303. The van der Waals surface area contributed by atoms with Crippen molar-refractivity contribution in [2.45, 2.75) is 52.0 Å². The number of nitrogens with zero attached hydrogens (tertiary/aromatic N) is 5. The molecule has 0 atom stereocenters. The molecular formula is C45H56Cl2N6O8. The van der Waals surface area contributed by atoms with Gasteiger partial charge < -0.3 is 30.1 Å². The molecule has 0 aliphatic carbocycles. The highest BCUT2D eigenvalue weighted by atomic mass is 35.5. The van der Waals surface area contributed by atoms with Crippen LogP contribution >= 0.6 is 24.8 Å². The second-order valence-electron chi connectivity index (χ2n) is 13.5. The largest absolute Gasteiger partial charge is 0.477 e. The van der Waals surface area contributed by atoms with Gasteiger partial charge in [0.2, 0.25) is 0 Å². The van der Waals surface area contributed by atoms with Crippen molar-refractivity contribution in [1.29, 1.82) is 0 Å². The van der Waals surface area contributed by atoms with Crippen molar-refractivity contribution in [3.63, 3.8) is 0 Å². The van der Waals surface area contributed by atoms with Crippen LogP contribution in [0.4, 0.5) is 0 Å². The number of esters is 2. The minimum absolute atomic E-state index is 0. The fourth-order valence-corrected chi connectivity index (χ4v) is 6.80. The minimum Gasteiger partial charge on any atom is -0.477 e. The zero-order valence-corrected chi connectivity index (χ0v) is 36.6. The lowest BCUT2D eigenvalue weighted by Gasteiger charge is -2.28. The SMILES string of the molecule is CO.CO.COC(=O)c1ccc2c(n1)CCN(Cc1ccccc1)C2.COC(=O)c1ccc2c(n1)CCNC2.Cl.Cl.O=C(O)c1ccc2c(n1)CCN(Cc1ccccc1)C2. The normalized spacial score (nSPS) is 13.4. The van der Waals surface area contributed by atoms with Gasteiger partial charge >= 0.3 is 17.9 Å². The van der Waals surface area contributed by atoms with Crippen LogP contribution < -0.4 is 5.32 Å². The molecule has 0 spiro atoms. The molecule has 0 saturated heterocycles. The van der Waals surface area contributed by atoms with E-state index in [2.05, 4.69) is 71.2 Å². The Hall–Kier alpha value is -5.32. The van der Waals surface area contributed by atoms with Crippen molar-refractivity contribution in [1.82, 2.24) is 30.1 Å². The average Bonchev–Trinajstić information content (AvgIpc) is 3.30. The molecule has 0 unspecified atom stereocenters. The quantitative estimate of drug-likeness (QED) is 0.154.